The minimum atomic E-state index is -1.18. The number of anilines is 2. The number of carbonyl (C=O) groups excluding carboxylic acids is 2. The second-order valence-electron chi connectivity index (χ2n) is 23.6. The van der Waals surface area contributed by atoms with Crippen LogP contribution in [0.2, 0.25) is 0 Å². The number of halogens is 4. The molecule has 4 amide bonds. The number of piperidine rings is 1. The Bertz CT molecular complexity index is 3170. The van der Waals surface area contributed by atoms with E-state index in [2.05, 4.69) is 22.1 Å². The molecule has 20 heteroatoms. The van der Waals surface area contributed by atoms with Crippen LogP contribution in [0.1, 0.15) is 161 Å². The molecule has 4 saturated heterocycles. The van der Waals surface area contributed by atoms with Gasteiger partial charge in [0.25, 0.3) is 0 Å². The van der Waals surface area contributed by atoms with Gasteiger partial charge in [0.15, 0.2) is 11.6 Å². The highest BCUT2D eigenvalue weighted by atomic mass is 19.1. The number of carboxylic acid groups (broad SMARTS) is 2. The molecule has 6 heterocycles. The van der Waals surface area contributed by atoms with E-state index < -0.39 is 71.7 Å². The Kier molecular flexibility index (Phi) is 14.8. The molecular weight excluding hydrogens is 1040 g/mol. The molecule has 6 atom stereocenters. The maximum absolute atomic E-state index is 17.1. The minimum absolute atomic E-state index is 0.0986. The number of likely N-dealkylation sites (tertiary alicyclic amines) is 2. The Morgan fingerprint density at radius 1 is 0.543 bits per heavy atom. The number of rotatable bonds is 13. The van der Waals surface area contributed by atoms with E-state index in [-0.39, 0.29) is 64.9 Å². The monoisotopic (exact) mass is 1110 g/mol. The van der Waals surface area contributed by atoms with E-state index in [1.807, 2.05) is 18.2 Å². The van der Waals surface area contributed by atoms with Crippen molar-refractivity contribution in [2.45, 2.75) is 145 Å². The van der Waals surface area contributed by atoms with Gasteiger partial charge < -0.3 is 39.8 Å². The van der Waals surface area contributed by atoms with E-state index in [0.717, 1.165) is 61.2 Å². The summed E-state index contributed by atoms with van der Waals surface area (Å²) in [5, 5.41) is 20.1. The molecule has 4 aromatic carbocycles. The van der Waals surface area contributed by atoms with Gasteiger partial charge in [-0.25, -0.2) is 37.1 Å². The summed E-state index contributed by atoms with van der Waals surface area (Å²) in [4.78, 5) is 78.8. The van der Waals surface area contributed by atoms with E-state index in [1.165, 1.54) is 43.9 Å². The van der Waals surface area contributed by atoms with Gasteiger partial charge in [0.05, 0.1) is 46.2 Å². The van der Waals surface area contributed by atoms with Crippen LogP contribution in [0.4, 0.5) is 38.5 Å². The fourth-order valence-electron chi connectivity index (χ4n) is 15.0. The number of aromatic amines is 2. The average Bonchev–Trinajstić information content (AvgIpc) is 4.43. The molecule has 0 radical (unpaired) electrons. The number of aromatic nitrogens is 4. The zero-order valence-corrected chi connectivity index (χ0v) is 45.8. The number of H-pyrrole nitrogens is 2. The first kappa shape index (κ1) is 54.2. The third-order valence-electron chi connectivity index (χ3n) is 19.1. The molecule has 2 saturated carbocycles. The number of likely N-dealkylation sites (N-methyl/N-ethyl adjacent to an activating group) is 2. The van der Waals surface area contributed by atoms with Gasteiger partial charge in [-0.15, -0.1) is 0 Å². The molecule has 6 aliphatic rings. The normalized spacial score (nSPS) is 22.9. The van der Waals surface area contributed by atoms with Crippen LogP contribution in [0, 0.1) is 35.1 Å². The molecule has 2 aromatic heterocycles. The van der Waals surface area contributed by atoms with E-state index in [0.29, 0.717) is 98.4 Å². The Morgan fingerprint density at radius 3 is 1.42 bits per heavy atom. The molecule has 16 nitrogen and oxygen atoms in total. The molecule has 0 bridgehead atoms. The summed E-state index contributed by atoms with van der Waals surface area (Å²) in [7, 11) is 2.88. The second-order valence-corrected chi connectivity index (χ2v) is 23.6. The lowest BCUT2D eigenvalue weighted by Crippen LogP contribution is -2.52. The van der Waals surface area contributed by atoms with E-state index >= 15 is 17.6 Å². The maximum atomic E-state index is 17.1. The molecule has 12 rings (SSSR count). The average molecular weight is 1120 g/mol. The molecule has 6 aromatic rings. The fourth-order valence-corrected chi connectivity index (χ4v) is 15.0. The number of nitrogens with one attached hydrogen (secondary N) is 2. The number of carbonyl (C=O) groups is 4. The minimum Gasteiger partial charge on any atom is -0.465 e. The van der Waals surface area contributed by atoms with Crippen LogP contribution in [0.25, 0.3) is 22.1 Å². The van der Waals surface area contributed by atoms with Crippen LogP contribution in [0.3, 0.4) is 0 Å². The summed E-state index contributed by atoms with van der Waals surface area (Å²) in [5.41, 5.74) is 3.05. The van der Waals surface area contributed by atoms with E-state index in [4.69, 9.17) is 9.97 Å². The fraction of sp³-hybridized carbons (Fsp3) is 0.508. The standard InChI is InChI=1S/C61H70F4N10O6/c1-70(60(78)79)53(36-14-6-7-15-36)58(76)73-24-10-18-51(73)56-66-45-30-39(41(62)32-47(45)68-56)49-20-21-50(75(49)38-28-43(64)55(44(65)29-38)72-26-22-35(23-27-72)34-12-4-3-5-13-34)40-31-46-48(33-42(40)63)69-57(67-46)52-19-11-25-74(52)59(77)54(71(2)61(80)81)37-16-8-9-17-37/h3-5,12-13,28-33,35-37,49-54H,6-11,14-27H2,1-2H3,(H,66,68)(H,67,69)(H,78,79)(H,80,81)/t49-,50-,51+,52+,53+,54+/m1/s1. The highest BCUT2D eigenvalue weighted by molar-refractivity contribution is 5.87. The maximum Gasteiger partial charge on any atom is 0.407 e. The van der Waals surface area contributed by atoms with Crippen molar-refractivity contribution in [2.24, 2.45) is 11.8 Å². The van der Waals surface area contributed by atoms with Gasteiger partial charge in [-0.2, -0.15) is 0 Å². The van der Waals surface area contributed by atoms with Crippen LogP contribution in [0.5, 0.6) is 0 Å². The highest BCUT2D eigenvalue weighted by Gasteiger charge is 2.46. The van der Waals surface area contributed by atoms with Gasteiger partial charge in [-0.1, -0.05) is 56.0 Å². The van der Waals surface area contributed by atoms with Gasteiger partial charge in [0.1, 0.15) is 41.1 Å². The van der Waals surface area contributed by atoms with Crippen molar-refractivity contribution in [3.05, 3.63) is 118 Å². The van der Waals surface area contributed by atoms with Crippen molar-refractivity contribution in [3.8, 4) is 0 Å². The van der Waals surface area contributed by atoms with Crippen molar-refractivity contribution in [3.63, 3.8) is 0 Å². The molecule has 0 unspecified atom stereocenters. The number of nitrogens with zero attached hydrogens (tertiary/aromatic N) is 8. The number of fused-ring (bicyclic) bond motifs is 2. The second kappa shape index (κ2) is 22.2. The zero-order chi connectivity index (χ0) is 56.4. The van der Waals surface area contributed by atoms with Gasteiger partial charge in [0.2, 0.25) is 11.8 Å². The predicted molar refractivity (Wildman–Crippen MR) is 297 cm³/mol. The van der Waals surface area contributed by atoms with Crippen molar-refractivity contribution < 1.29 is 47.0 Å². The lowest BCUT2D eigenvalue weighted by atomic mass is 9.89. The number of hydrogen-bond acceptors (Lipinski definition) is 8. The first-order chi connectivity index (χ1) is 39.1. The van der Waals surface area contributed by atoms with E-state index in [1.54, 1.807) is 31.7 Å². The third-order valence-corrected chi connectivity index (χ3v) is 19.1. The smallest absolute Gasteiger partial charge is 0.407 e. The van der Waals surface area contributed by atoms with Crippen LogP contribution in [-0.2, 0) is 9.59 Å². The molecule has 428 valence electrons. The Balaban J connectivity index is 0.880. The number of imidazole rings is 2. The van der Waals surface area contributed by atoms with Crippen molar-refractivity contribution in [2.75, 3.05) is 50.1 Å². The quantitative estimate of drug-likeness (QED) is 0.0811. The summed E-state index contributed by atoms with van der Waals surface area (Å²) < 4.78 is 68.0. The Hall–Kier alpha value is -7.38. The number of benzene rings is 4. The van der Waals surface area contributed by atoms with Crippen molar-refractivity contribution in [1.29, 1.82) is 0 Å². The largest absolute Gasteiger partial charge is 0.465 e. The van der Waals surface area contributed by atoms with Gasteiger partial charge in [-0.3, -0.25) is 19.4 Å². The molecule has 81 heavy (non-hydrogen) atoms. The molecular formula is C61H70F4N10O6. The van der Waals surface area contributed by atoms with Crippen LogP contribution in [-0.4, -0.2) is 126 Å². The molecule has 4 aliphatic heterocycles. The molecule has 2 aliphatic carbocycles. The highest BCUT2D eigenvalue weighted by Crippen LogP contribution is 2.51. The van der Waals surface area contributed by atoms with Crippen molar-refractivity contribution >= 4 is 57.4 Å². The van der Waals surface area contributed by atoms with Crippen molar-refractivity contribution in [1.82, 2.24) is 39.5 Å². The lowest BCUT2D eigenvalue weighted by Gasteiger charge is -2.36. The third kappa shape index (κ3) is 10.1. The number of amides is 4. The first-order valence-corrected chi connectivity index (χ1v) is 29.1. The van der Waals surface area contributed by atoms with Gasteiger partial charge in [0, 0.05) is 69.2 Å². The Morgan fingerprint density at radius 2 is 0.988 bits per heavy atom. The summed E-state index contributed by atoms with van der Waals surface area (Å²) in [5.74, 6) is -2.51. The molecule has 6 fully saturated rings. The SMILES string of the molecule is CN(C(=O)O)[C@H](C(=O)N1CCC[C@H]1c1nc2cc(F)c([C@H]3CC[C@H](c4cc5[nH]c([C@@H]6CCCN6C(=O)[C@H](C6CCCC6)N(C)C(=O)O)nc5cc4F)N3c3cc(F)c(N4CCC(c5ccccc5)CC4)c(F)c3)cc2[nH]1)C1CCCC1. The van der Waals surface area contributed by atoms with Gasteiger partial charge in [-0.05, 0) is 125 Å². The van der Waals surface area contributed by atoms with Crippen LogP contribution < -0.4 is 9.80 Å². The topological polar surface area (TPSA) is 186 Å². The summed E-state index contributed by atoms with van der Waals surface area (Å²) in [6, 6.07) is 14.1. The predicted octanol–water partition coefficient (Wildman–Crippen LogP) is 12.1. The lowest BCUT2D eigenvalue weighted by molar-refractivity contribution is -0.139. The first-order valence-electron chi connectivity index (χ1n) is 29.1. The summed E-state index contributed by atoms with van der Waals surface area (Å²) in [6.07, 6.45) is 8.68. The molecule has 4 N–H and O–H groups in total. The van der Waals surface area contributed by atoms with Crippen LogP contribution >= 0.6 is 0 Å². The Labute approximate surface area is 467 Å². The summed E-state index contributed by atoms with van der Waals surface area (Å²) in [6.45, 7) is 1.66. The summed E-state index contributed by atoms with van der Waals surface area (Å²) >= 11 is 0. The van der Waals surface area contributed by atoms with Gasteiger partial charge >= 0.3 is 12.2 Å². The van der Waals surface area contributed by atoms with Crippen LogP contribution in [0.15, 0.2) is 66.7 Å². The zero-order valence-electron chi connectivity index (χ0n) is 45.8. The molecule has 0 spiro atoms. The van der Waals surface area contributed by atoms with E-state index in [9.17, 15) is 29.4 Å². The number of hydrogen-bond donors (Lipinski definition) is 4.